The van der Waals surface area contributed by atoms with Crippen LogP contribution in [0.15, 0.2) is 42.3 Å². The number of allylic oxidation sites excluding steroid dienone is 1. The van der Waals surface area contributed by atoms with Crippen molar-refractivity contribution < 1.29 is 4.39 Å². The molecule has 0 amide bonds. The zero-order valence-corrected chi connectivity index (χ0v) is 8.80. The van der Waals surface area contributed by atoms with E-state index in [-0.39, 0.29) is 12.2 Å². The first-order valence-electron chi connectivity index (χ1n) is 4.44. The summed E-state index contributed by atoms with van der Waals surface area (Å²) in [7, 11) is 0. The molecular weight excluding hydrogens is 211 g/mol. The Morgan fingerprint density at radius 2 is 2.13 bits per heavy atom. The lowest BCUT2D eigenvalue weighted by molar-refractivity contribution is 0.617. The molecule has 0 fully saturated rings. The van der Waals surface area contributed by atoms with Crippen molar-refractivity contribution in [2.45, 2.75) is 6.42 Å². The van der Waals surface area contributed by atoms with Crippen molar-refractivity contribution in [1.82, 2.24) is 9.97 Å². The maximum Gasteiger partial charge on any atom is 0.169 e. The first kappa shape index (κ1) is 9.98. The summed E-state index contributed by atoms with van der Waals surface area (Å²) in [5.41, 5.74) is 0.912. The highest BCUT2D eigenvalue weighted by Gasteiger charge is 2.05. The van der Waals surface area contributed by atoms with Crippen LogP contribution in [0.2, 0.25) is 0 Å². The van der Waals surface area contributed by atoms with Gasteiger partial charge in [-0.25, -0.2) is 14.4 Å². The molecule has 2 aromatic heterocycles. The van der Waals surface area contributed by atoms with Crippen LogP contribution in [0.4, 0.5) is 4.39 Å². The first-order valence-corrected chi connectivity index (χ1v) is 5.32. The van der Waals surface area contributed by atoms with Crippen molar-refractivity contribution in [3.05, 3.63) is 47.9 Å². The SMILES string of the molecule is C=C(F)Cc1csc(-c2ncccn2)c1. The highest BCUT2D eigenvalue weighted by molar-refractivity contribution is 7.13. The van der Waals surface area contributed by atoms with Gasteiger partial charge in [-0.2, -0.15) is 0 Å². The highest BCUT2D eigenvalue weighted by Crippen LogP contribution is 2.25. The van der Waals surface area contributed by atoms with Gasteiger partial charge in [0.25, 0.3) is 0 Å². The fourth-order valence-corrected chi connectivity index (χ4v) is 2.09. The van der Waals surface area contributed by atoms with E-state index in [2.05, 4.69) is 16.5 Å². The van der Waals surface area contributed by atoms with Crippen LogP contribution in [0.3, 0.4) is 0 Å². The van der Waals surface area contributed by atoms with E-state index in [9.17, 15) is 4.39 Å². The van der Waals surface area contributed by atoms with Crippen molar-refractivity contribution >= 4 is 11.3 Å². The fraction of sp³-hybridized carbons (Fsp3) is 0.0909. The smallest absolute Gasteiger partial charge is 0.169 e. The zero-order chi connectivity index (χ0) is 10.7. The van der Waals surface area contributed by atoms with Crippen molar-refractivity contribution in [2.75, 3.05) is 0 Å². The van der Waals surface area contributed by atoms with Gasteiger partial charge < -0.3 is 0 Å². The van der Waals surface area contributed by atoms with Gasteiger partial charge in [-0.05, 0) is 23.1 Å². The predicted molar refractivity (Wildman–Crippen MR) is 59.3 cm³/mol. The van der Waals surface area contributed by atoms with Gasteiger partial charge >= 0.3 is 0 Å². The molecule has 0 N–H and O–H groups in total. The van der Waals surface area contributed by atoms with Crippen LogP contribution in [-0.4, -0.2) is 9.97 Å². The van der Waals surface area contributed by atoms with E-state index in [0.29, 0.717) is 5.82 Å². The van der Waals surface area contributed by atoms with Crippen LogP contribution < -0.4 is 0 Å². The topological polar surface area (TPSA) is 25.8 Å². The number of rotatable bonds is 3. The van der Waals surface area contributed by atoms with Crippen LogP contribution in [-0.2, 0) is 6.42 Å². The summed E-state index contributed by atoms with van der Waals surface area (Å²) >= 11 is 1.51. The Labute approximate surface area is 91.1 Å². The number of hydrogen-bond acceptors (Lipinski definition) is 3. The van der Waals surface area contributed by atoms with Crippen LogP contribution in [0.25, 0.3) is 10.7 Å². The first-order chi connectivity index (χ1) is 7.25. The molecule has 76 valence electrons. The molecule has 0 spiro atoms. The van der Waals surface area contributed by atoms with Crippen LogP contribution in [0.5, 0.6) is 0 Å². The summed E-state index contributed by atoms with van der Waals surface area (Å²) in [6, 6.07) is 3.66. The summed E-state index contributed by atoms with van der Waals surface area (Å²) in [5, 5.41) is 1.90. The molecule has 0 bridgehead atoms. The van der Waals surface area contributed by atoms with Gasteiger partial charge in [0.15, 0.2) is 5.82 Å². The maximum absolute atomic E-state index is 12.6. The second kappa shape index (κ2) is 4.31. The number of hydrogen-bond donors (Lipinski definition) is 0. The van der Waals surface area contributed by atoms with E-state index < -0.39 is 0 Å². The monoisotopic (exact) mass is 220 g/mol. The molecule has 2 rings (SSSR count). The molecular formula is C11H9FN2S. The Bertz CT molecular complexity index is 464. The Morgan fingerprint density at radius 1 is 1.40 bits per heavy atom. The molecule has 4 heteroatoms. The molecule has 0 atom stereocenters. The largest absolute Gasteiger partial charge is 0.236 e. The van der Waals surface area contributed by atoms with Crippen LogP contribution >= 0.6 is 11.3 Å². The van der Waals surface area contributed by atoms with Crippen molar-refractivity contribution in [3.63, 3.8) is 0 Å². The minimum atomic E-state index is -0.326. The summed E-state index contributed by atoms with van der Waals surface area (Å²) < 4.78 is 12.6. The molecule has 0 unspecified atom stereocenters. The average Bonchev–Trinajstić information content (AvgIpc) is 2.67. The summed E-state index contributed by atoms with van der Waals surface area (Å²) in [5.74, 6) is 0.353. The second-order valence-corrected chi connectivity index (χ2v) is 4.00. The van der Waals surface area contributed by atoms with Crippen molar-refractivity contribution in [3.8, 4) is 10.7 Å². The standard InChI is InChI=1S/C11H9FN2S/c1-8(12)5-9-6-10(15-7-9)11-13-3-2-4-14-11/h2-4,6-7H,1,5H2. The van der Waals surface area contributed by atoms with Gasteiger partial charge in [-0.15, -0.1) is 11.3 Å². The molecule has 0 saturated heterocycles. The lowest BCUT2D eigenvalue weighted by Crippen LogP contribution is -1.83. The number of halogens is 1. The number of aromatic nitrogens is 2. The Balaban J connectivity index is 2.24. The minimum absolute atomic E-state index is 0.267. The fourth-order valence-electron chi connectivity index (χ4n) is 1.23. The molecule has 0 aromatic carbocycles. The van der Waals surface area contributed by atoms with Gasteiger partial charge in [0.05, 0.1) is 10.7 Å². The van der Waals surface area contributed by atoms with Crippen molar-refractivity contribution in [1.29, 1.82) is 0 Å². The number of thiophene rings is 1. The normalized spacial score (nSPS) is 10.2. The van der Waals surface area contributed by atoms with Gasteiger partial charge in [-0.3, -0.25) is 0 Å². The third-order valence-electron chi connectivity index (χ3n) is 1.84. The van der Waals surface area contributed by atoms with E-state index in [1.54, 1.807) is 18.5 Å². The third-order valence-corrected chi connectivity index (χ3v) is 2.81. The minimum Gasteiger partial charge on any atom is -0.236 e. The van der Waals surface area contributed by atoms with E-state index >= 15 is 0 Å². The highest BCUT2D eigenvalue weighted by atomic mass is 32.1. The number of nitrogens with zero attached hydrogens (tertiary/aromatic N) is 2. The van der Waals surface area contributed by atoms with Gasteiger partial charge in [0.1, 0.15) is 0 Å². The Kier molecular flexibility index (Phi) is 2.87. The molecule has 0 aliphatic heterocycles. The molecule has 2 heterocycles. The molecule has 0 aliphatic rings. The maximum atomic E-state index is 12.6. The summed E-state index contributed by atoms with van der Waals surface area (Å²) in [6.07, 6.45) is 3.65. The lowest BCUT2D eigenvalue weighted by Gasteiger charge is -1.92. The van der Waals surface area contributed by atoms with Crippen molar-refractivity contribution in [2.24, 2.45) is 0 Å². The van der Waals surface area contributed by atoms with Crippen LogP contribution in [0, 0.1) is 0 Å². The van der Waals surface area contributed by atoms with Gasteiger partial charge in [0, 0.05) is 18.8 Å². The molecule has 0 aliphatic carbocycles. The van der Waals surface area contributed by atoms with E-state index in [0.717, 1.165) is 10.4 Å². The van der Waals surface area contributed by atoms with Gasteiger partial charge in [-0.1, -0.05) is 6.58 Å². The molecule has 0 saturated carbocycles. The zero-order valence-electron chi connectivity index (χ0n) is 7.98. The predicted octanol–water partition coefficient (Wildman–Crippen LogP) is 3.23. The Hall–Kier alpha value is -1.55. The second-order valence-electron chi connectivity index (χ2n) is 3.09. The lowest BCUT2D eigenvalue weighted by atomic mass is 10.2. The van der Waals surface area contributed by atoms with Crippen LogP contribution in [0.1, 0.15) is 5.56 Å². The van der Waals surface area contributed by atoms with Gasteiger partial charge in [0.2, 0.25) is 0 Å². The van der Waals surface area contributed by atoms with E-state index in [4.69, 9.17) is 0 Å². The third kappa shape index (κ3) is 2.47. The Morgan fingerprint density at radius 3 is 2.80 bits per heavy atom. The quantitative estimate of drug-likeness (QED) is 0.793. The molecule has 2 nitrogen and oxygen atoms in total. The summed E-state index contributed by atoms with van der Waals surface area (Å²) in [6.45, 7) is 3.24. The van der Waals surface area contributed by atoms with E-state index in [1.807, 2.05) is 11.4 Å². The average molecular weight is 220 g/mol. The molecule has 0 radical (unpaired) electrons. The van der Waals surface area contributed by atoms with E-state index in [1.165, 1.54) is 11.3 Å². The summed E-state index contributed by atoms with van der Waals surface area (Å²) in [4.78, 5) is 9.20. The molecule has 15 heavy (non-hydrogen) atoms. The molecule has 2 aromatic rings.